The minimum atomic E-state index is 0.569. The molecule has 0 bridgehead atoms. The summed E-state index contributed by atoms with van der Waals surface area (Å²) in [5.41, 5.74) is 3.29. The molecule has 1 nitrogen and oxygen atoms in total. The molecule has 0 fully saturated rings. The average Bonchev–Trinajstić information content (AvgIpc) is 2.32. The lowest BCUT2D eigenvalue weighted by atomic mass is 9.98. The third-order valence-electron chi connectivity index (χ3n) is 2.66. The van der Waals surface area contributed by atoms with Crippen molar-refractivity contribution in [3.05, 3.63) is 53.2 Å². The van der Waals surface area contributed by atoms with Gasteiger partial charge >= 0.3 is 0 Å². The highest BCUT2D eigenvalue weighted by Crippen LogP contribution is 2.28. The molecule has 0 radical (unpaired) electrons. The zero-order chi connectivity index (χ0) is 12.3. The van der Waals surface area contributed by atoms with Crippen LogP contribution in [0.15, 0.2) is 42.6 Å². The van der Waals surface area contributed by atoms with Gasteiger partial charge in [-0.2, -0.15) is 0 Å². The molecule has 0 aliphatic rings. The lowest BCUT2D eigenvalue weighted by Crippen LogP contribution is -1.99. The second-order valence-electron chi connectivity index (χ2n) is 4.58. The molecule has 0 aliphatic heterocycles. The van der Waals surface area contributed by atoms with E-state index in [0.29, 0.717) is 5.92 Å². The zero-order valence-corrected chi connectivity index (χ0v) is 10.9. The van der Waals surface area contributed by atoms with Crippen LogP contribution in [0.4, 0.5) is 0 Å². The molecule has 1 heterocycles. The van der Waals surface area contributed by atoms with Gasteiger partial charge in [-0.15, -0.1) is 0 Å². The zero-order valence-electron chi connectivity index (χ0n) is 10.2. The fourth-order valence-corrected chi connectivity index (χ4v) is 2.14. The average molecular weight is 246 g/mol. The van der Waals surface area contributed by atoms with Crippen LogP contribution in [0.3, 0.4) is 0 Å². The van der Waals surface area contributed by atoms with Crippen molar-refractivity contribution < 1.29 is 0 Å². The lowest BCUT2D eigenvalue weighted by Gasteiger charge is -2.12. The SMILES string of the molecule is CC(C)Cc1c(Cl)ccnc1-c1ccccc1. The Bertz CT molecular complexity index is 492. The third-order valence-corrected chi connectivity index (χ3v) is 3.01. The largest absolute Gasteiger partial charge is 0.256 e. The summed E-state index contributed by atoms with van der Waals surface area (Å²) in [6, 6.07) is 12.1. The van der Waals surface area contributed by atoms with Crippen LogP contribution in [0.1, 0.15) is 19.4 Å². The Kier molecular flexibility index (Phi) is 3.80. The van der Waals surface area contributed by atoms with Crippen LogP contribution in [0.2, 0.25) is 5.02 Å². The number of nitrogens with zero attached hydrogens (tertiary/aromatic N) is 1. The van der Waals surface area contributed by atoms with Crippen molar-refractivity contribution in [2.24, 2.45) is 5.92 Å². The minimum Gasteiger partial charge on any atom is -0.256 e. The fraction of sp³-hybridized carbons (Fsp3) is 0.267. The molecule has 17 heavy (non-hydrogen) atoms. The first-order chi connectivity index (χ1) is 8.18. The first-order valence-corrected chi connectivity index (χ1v) is 6.25. The molecule has 0 N–H and O–H groups in total. The van der Waals surface area contributed by atoms with Gasteiger partial charge in [0.1, 0.15) is 0 Å². The smallest absolute Gasteiger partial charge is 0.0748 e. The molecule has 0 spiro atoms. The van der Waals surface area contributed by atoms with Crippen molar-refractivity contribution in [2.75, 3.05) is 0 Å². The Labute approximate surface area is 107 Å². The van der Waals surface area contributed by atoms with Gasteiger partial charge < -0.3 is 0 Å². The topological polar surface area (TPSA) is 12.9 Å². The normalized spacial score (nSPS) is 10.8. The van der Waals surface area contributed by atoms with Gasteiger partial charge in [-0.05, 0) is 24.0 Å². The van der Waals surface area contributed by atoms with Gasteiger partial charge in [-0.3, -0.25) is 4.98 Å². The van der Waals surface area contributed by atoms with E-state index in [1.54, 1.807) is 6.20 Å². The van der Waals surface area contributed by atoms with Crippen molar-refractivity contribution in [3.8, 4) is 11.3 Å². The molecule has 2 rings (SSSR count). The fourth-order valence-electron chi connectivity index (χ4n) is 1.92. The molecule has 2 aromatic rings. The molecule has 0 amide bonds. The highest BCUT2D eigenvalue weighted by molar-refractivity contribution is 6.31. The Balaban J connectivity index is 2.50. The van der Waals surface area contributed by atoms with Crippen molar-refractivity contribution >= 4 is 11.6 Å². The molecule has 0 aliphatic carbocycles. The molecule has 2 heteroatoms. The molecule has 88 valence electrons. The summed E-state index contributed by atoms with van der Waals surface area (Å²) in [5, 5.41) is 0.813. The third kappa shape index (κ3) is 2.86. The van der Waals surface area contributed by atoms with E-state index in [1.807, 2.05) is 24.3 Å². The highest BCUT2D eigenvalue weighted by atomic mass is 35.5. The van der Waals surface area contributed by atoms with Crippen molar-refractivity contribution in [1.82, 2.24) is 4.98 Å². The minimum absolute atomic E-state index is 0.569. The number of hydrogen-bond acceptors (Lipinski definition) is 1. The van der Waals surface area contributed by atoms with E-state index in [2.05, 4.69) is 31.0 Å². The van der Waals surface area contributed by atoms with Crippen LogP contribution in [0.25, 0.3) is 11.3 Å². The van der Waals surface area contributed by atoms with Crippen LogP contribution in [0.5, 0.6) is 0 Å². The molecule has 0 unspecified atom stereocenters. The molecule has 0 atom stereocenters. The van der Waals surface area contributed by atoms with E-state index < -0.39 is 0 Å². The first kappa shape index (κ1) is 12.1. The van der Waals surface area contributed by atoms with Crippen LogP contribution in [-0.2, 0) is 6.42 Å². The van der Waals surface area contributed by atoms with Gasteiger partial charge in [0, 0.05) is 16.8 Å². The maximum Gasteiger partial charge on any atom is 0.0748 e. The number of pyridine rings is 1. The summed E-state index contributed by atoms with van der Waals surface area (Å²) in [6.07, 6.45) is 2.73. The maximum atomic E-state index is 6.28. The van der Waals surface area contributed by atoms with E-state index in [9.17, 15) is 0 Å². The monoisotopic (exact) mass is 245 g/mol. The summed E-state index contributed by atoms with van der Waals surface area (Å²) < 4.78 is 0. The van der Waals surface area contributed by atoms with Crippen LogP contribution >= 0.6 is 11.6 Å². The first-order valence-electron chi connectivity index (χ1n) is 5.87. The molecule has 0 saturated carbocycles. The van der Waals surface area contributed by atoms with E-state index in [0.717, 1.165) is 28.3 Å². The Morgan fingerprint density at radius 2 is 1.82 bits per heavy atom. The summed E-state index contributed by atoms with van der Waals surface area (Å²) in [6.45, 7) is 4.39. The Hall–Kier alpha value is -1.34. The number of aromatic nitrogens is 1. The molecule has 1 aromatic heterocycles. The van der Waals surface area contributed by atoms with Crippen LogP contribution < -0.4 is 0 Å². The molecular weight excluding hydrogens is 230 g/mol. The quantitative estimate of drug-likeness (QED) is 0.770. The predicted molar refractivity (Wildman–Crippen MR) is 73.2 cm³/mol. The van der Waals surface area contributed by atoms with Crippen molar-refractivity contribution in [2.45, 2.75) is 20.3 Å². The lowest BCUT2D eigenvalue weighted by molar-refractivity contribution is 0.647. The van der Waals surface area contributed by atoms with Gasteiger partial charge in [-0.1, -0.05) is 55.8 Å². The predicted octanol–water partition coefficient (Wildman–Crippen LogP) is 4.60. The van der Waals surface area contributed by atoms with Crippen molar-refractivity contribution in [3.63, 3.8) is 0 Å². The number of hydrogen-bond donors (Lipinski definition) is 0. The second-order valence-corrected chi connectivity index (χ2v) is 4.99. The maximum absolute atomic E-state index is 6.28. The highest BCUT2D eigenvalue weighted by Gasteiger charge is 2.11. The summed E-state index contributed by atoms with van der Waals surface area (Å²) >= 11 is 6.28. The Morgan fingerprint density at radius 3 is 2.47 bits per heavy atom. The van der Waals surface area contributed by atoms with Gasteiger partial charge in [0.25, 0.3) is 0 Å². The van der Waals surface area contributed by atoms with Crippen LogP contribution in [-0.4, -0.2) is 4.98 Å². The van der Waals surface area contributed by atoms with E-state index >= 15 is 0 Å². The molecule has 1 aromatic carbocycles. The number of halogens is 1. The summed E-state index contributed by atoms with van der Waals surface area (Å²) in [5.74, 6) is 0.569. The van der Waals surface area contributed by atoms with Crippen LogP contribution in [0, 0.1) is 5.92 Å². The number of benzene rings is 1. The van der Waals surface area contributed by atoms with E-state index in [1.165, 1.54) is 0 Å². The summed E-state index contributed by atoms with van der Waals surface area (Å²) in [7, 11) is 0. The van der Waals surface area contributed by atoms with Gasteiger partial charge in [0.15, 0.2) is 0 Å². The Morgan fingerprint density at radius 1 is 1.12 bits per heavy atom. The van der Waals surface area contributed by atoms with E-state index in [-0.39, 0.29) is 0 Å². The second kappa shape index (κ2) is 5.33. The van der Waals surface area contributed by atoms with Gasteiger partial charge in [0.05, 0.1) is 5.69 Å². The van der Waals surface area contributed by atoms with Gasteiger partial charge in [-0.25, -0.2) is 0 Å². The molecular formula is C15H16ClN. The van der Waals surface area contributed by atoms with Gasteiger partial charge in [0.2, 0.25) is 0 Å². The summed E-state index contributed by atoms with van der Waals surface area (Å²) in [4.78, 5) is 4.48. The molecule has 0 saturated heterocycles. The standard InChI is InChI=1S/C15H16ClN/c1-11(2)10-13-14(16)8-9-17-15(13)12-6-4-3-5-7-12/h3-9,11H,10H2,1-2H3. The van der Waals surface area contributed by atoms with E-state index in [4.69, 9.17) is 11.6 Å². The van der Waals surface area contributed by atoms with Crippen molar-refractivity contribution in [1.29, 1.82) is 0 Å². The number of rotatable bonds is 3.